The maximum absolute atomic E-state index is 12.9. The van der Waals surface area contributed by atoms with Gasteiger partial charge >= 0.3 is 0 Å². The lowest BCUT2D eigenvalue weighted by Gasteiger charge is -2.12. The van der Waals surface area contributed by atoms with Crippen LogP contribution in [0.3, 0.4) is 0 Å². The van der Waals surface area contributed by atoms with Crippen LogP contribution in [0.4, 0.5) is 0 Å². The van der Waals surface area contributed by atoms with E-state index in [4.69, 9.17) is 9.47 Å². The Morgan fingerprint density at radius 2 is 1.53 bits per heavy atom. The third-order valence-corrected chi connectivity index (χ3v) is 5.45. The van der Waals surface area contributed by atoms with E-state index in [-0.39, 0.29) is 30.1 Å². The lowest BCUT2D eigenvalue weighted by atomic mass is 10.1. The molecule has 4 rings (SSSR count). The van der Waals surface area contributed by atoms with Crippen molar-refractivity contribution in [1.29, 1.82) is 0 Å². The van der Waals surface area contributed by atoms with Crippen LogP contribution in [0.2, 0.25) is 0 Å². The molecule has 0 aliphatic heterocycles. The van der Waals surface area contributed by atoms with Crippen LogP contribution >= 0.6 is 0 Å². The second-order valence-electron chi connectivity index (χ2n) is 7.97. The molecule has 1 heterocycles. The van der Waals surface area contributed by atoms with Gasteiger partial charge in [0.2, 0.25) is 5.91 Å². The molecule has 0 aliphatic rings. The van der Waals surface area contributed by atoms with E-state index >= 15 is 0 Å². The number of benzene rings is 3. The smallest absolute Gasteiger partial charge is 0.290 e. The van der Waals surface area contributed by atoms with Crippen LogP contribution in [-0.4, -0.2) is 35.3 Å². The van der Waals surface area contributed by atoms with Gasteiger partial charge in [0.05, 0.1) is 25.6 Å². The zero-order valence-corrected chi connectivity index (χ0v) is 19.8. The lowest BCUT2D eigenvalue weighted by molar-refractivity contribution is -0.122. The molecular weight excluding hydrogens is 460 g/mol. The van der Waals surface area contributed by atoms with Gasteiger partial charge in [0.25, 0.3) is 11.5 Å². The standard InChI is InChI=1S/C27H26N4O5/c1-35-20-13-15-21(16-14-20)36-17-7-12-24(32)28-29-26(33)25-22-10-5-6-11-23(22)27(34)31(30-25)18-19-8-3-2-4-9-19/h2-6,8-11,13-16H,7,12,17-18H2,1H3,(H,28,32)(H,29,33). The molecular formula is C27H26N4O5. The molecule has 0 bridgehead atoms. The van der Waals surface area contributed by atoms with Crippen molar-refractivity contribution in [2.24, 2.45) is 0 Å². The highest BCUT2D eigenvalue weighted by molar-refractivity contribution is 6.05. The summed E-state index contributed by atoms with van der Waals surface area (Å²) in [5.41, 5.74) is 5.43. The molecule has 3 aromatic carbocycles. The van der Waals surface area contributed by atoms with Gasteiger partial charge in [0.1, 0.15) is 11.5 Å². The molecule has 184 valence electrons. The highest BCUT2D eigenvalue weighted by Gasteiger charge is 2.17. The molecule has 0 aliphatic carbocycles. The van der Waals surface area contributed by atoms with Gasteiger partial charge in [0.15, 0.2) is 5.69 Å². The number of methoxy groups -OCH3 is 1. The first-order valence-corrected chi connectivity index (χ1v) is 11.4. The Morgan fingerprint density at radius 1 is 0.861 bits per heavy atom. The van der Waals surface area contributed by atoms with Crippen molar-refractivity contribution >= 4 is 22.6 Å². The molecule has 0 saturated heterocycles. The second kappa shape index (κ2) is 11.7. The van der Waals surface area contributed by atoms with Crippen molar-refractivity contribution in [2.75, 3.05) is 13.7 Å². The third kappa shape index (κ3) is 6.06. The quantitative estimate of drug-likeness (QED) is 0.278. The molecule has 1 aromatic heterocycles. The molecule has 0 unspecified atom stereocenters. The maximum atomic E-state index is 12.9. The van der Waals surface area contributed by atoms with Gasteiger partial charge in [-0.1, -0.05) is 48.5 Å². The first kappa shape index (κ1) is 24.5. The number of hydrogen-bond acceptors (Lipinski definition) is 6. The summed E-state index contributed by atoms with van der Waals surface area (Å²) in [5, 5.41) is 5.09. The number of nitrogens with one attached hydrogen (secondary N) is 2. The largest absolute Gasteiger partial charge is 0.497 e. The summed E-state index contributed by atoms with van der Waals surface area (Å²) in [5.74, 6) is 0.419. The van der Waals surface area contributed by atoms with Gasteiger partial charge in [-0.25, -0.2) is 4.68 Å². The van der Waals surface area contributed by atoms with Crippen LogP contribution in [0.15, 0.2) is 83.7 Å². The van der Waals surface area contributed by atoms with Gasteiger partial charge in [-0.2, -0.15) is 5.10 Å². The molecule has 0 atom stereocenters. The molecule has 0 fully saturated rings. The highest BCUT2D eigenvalue weighted by atomic mass is 16.5. The fourth-order valence-electron chi connectivity index (χ4n) is 3.61. The van der Waals surface area contributed by atoms with Crippen molar-refractivity contribution < 1.29 is 19.1 Å². The summed E-state index contributed by atoms with van der Waals surface area (Å²) in [4.78, 5) is 38.1. The van der Waals surface area contributed by atoms with E-state index in [0.717, 1.165) is 11.3 Å². The summed E-state index contributed by atoms with van der Waals surface area (Å²) >= 11 is 0. The summed E-state index contributed by atoms with van der Waals surface area (Å²) in [7, 11) is 1.59. The maximum Gasteiger partial charge on any atom is 0.290 e. The Morgan fingerprint density at radius 3 is 2.25 bits per heavy atom. The Hall–Kier alpha value is -4.66. The van der Waals surface area contributed by atoms with Crippen molar-refractivity contribution in [3.8, 4) is 11.5 Å². The van der Waals surface area contributed by atoms with Gasteiger partial charge in [-0.05, 0) is 42.3 Å². The fraction of sp³-hybridized carbons (Fsp3) is 0.185. The summed E-state index contributed by atoms with van der Waals surface area (Å²) in [6, 6.07) is 23.3. The number of nitrogens with zero attached hydrogens (tertiary/aromatic N) is 2. The molecule has 36 heavy (non-hydrogen) atoms. The molecule has 4 aromatic rings. The van der Waals surface area contributed by atoms with E-state index in [2.05, 4.69) is 16.0 Å². The molecule has 0 saturated carbocycles. The molecule has 9 nitrogen and oxygen atoms in total. The molecule has 0 radical (unpaired) electrons. The number of ether oxygens (including phenoxy) is 2. The van der Waals surface area contributed by atoms with Crippen molar-refractivity contribution in [2.45, 2.75) is 19.4 Å². The van der Waals surface area contributed by atoms with Gasteiger partial charge in [-0.15, -0.1) is 0 Å². The van der Waals surface area contributed by atoms with Crippen LogP contribution in [0.5, 0.6) is 11.5 Å². The number of hydrazine groups is 1. The van der Waals surface area contributed by atoms with Crippen molar-refractivity contribution in [3.05, 3.63) is 100 Å². The van der Waals surface area contributed by atoms with Crippen LogP contribution in [0.1, 0.15) is 28.9 Å². The predicted octanol–water partition coefficient (Wildman–Crippen LogP) is 3.07. The average Bonchev–Trinajstić information content (AvgIpc) is 2.92. The number of hydrogen-bond donors (Lipinski definition) is 2. The number of rotatable bonds is 9. The third-order valence-electron chi connectivity index (χ3n) is 5.45. The zero-order valence-electron chi connectivity index (χ0n) is 19.8. The van der Waals surface area contributed by atoms with E-state index in [9.17, 15) is 14.4 Å². The van der Waals surface area contributed by atoms with Gasteiger partial charge in [0, 0.05) is 11.8 Å². The lowest BCUT2D eigenvalue weighted by Crippen LogP contribution is -2.42. The average molecular weight is 487 g/mol. The summed E-state index contributed by atoms with van der Waals surface area (Å²) < 4.78 is 12.0. The first-order chi connectivity index (χ1) is 17.5. The number of fused-ring (bicyclic) bond motifs is 1. The van der Waals surface area contributed by atoms with Crippen molar-refractivity contribution in [1.82, 2.24) is 20.6 Å². The van der Waals surface area contributed by atoms with E-state index in [0.29, 0.717) is 29.5 Å². The fourth-order valence-corrected chi connectivity index (χ4v) is 3.61. The minimum absolute atomic E-state index is 0.0456. The van der Waals surface area contributed by atoms with Gasteiger partial charge < -0.3 is 9.47 Å². The minimum Gasteiger partial charge on any atom is -0.497 e. The normalized spacial score (nSPS) is 10.6. The van der Waals surface area contributed by atoms with Gasteiger partial charge in [-0.3, -0.25) is 25.2 Å². The molecule has 2 N–H and O–H groups in total. The Balaban J connectivity index is 1.36. The van der Waals surface area contributed by atoms with Crippen LogP contribution in [0.25, 0.3) is 10.8 Å². The summed E-state index contributed by atoms with van der Waals surface area (Å²) in [6.45, 7) is 0.551. The van der Waals surface area contributed by atoms with Crippen LogP contribution in [0, 0.1) is 0 Å². The second-order valence-corrected chi connectivity index (χ2v) is 7.97. The molecule has 2 amide bonds. The van der Waals surface area contributed by atoms with E-state index in [1.165, 1.54) is 4.68 Å². The number of amides is 2. The number of carbonyl (C=O) groups excluding carboxylic acids is 2. The molecule has 0 spiro atoms. The summed E-state index contributed by atoms with van der Waals surface area (Å²) in [6.07, 6.45) is 0.606. The minimum atomic E-state index is -0.615. The highest BCUT2D eigenvalue weighted by Crippen LogP contribution is 2.17. The van der Waals surface area contributed by atoms with Crippen molar-refractivity contribution in [3.63, 3.8) is 0 Å². The zero-order chi connectivity index (χ0) is 25.3. The monoisotopic (exact) mass is 486 g/mol. The number of carbonyl (C=O) groups is 2. The van der Waals surface area contributed by atoms with E-state index in [1.807, 2.05) is 30.3 Å². The molecule has 9 heteroatoms. The van der Waals surface area contributed by atoms with Crippen LogP contribution < -0.4 is 25.9 Å². The van der Waals surface area contributed by atoms with Crippen LogP contribution in [-0.2, 0) is 11.3 Å². The Labute approximate surface area is 207 Å². The Kier molecular flexibility index (Phi) is 7.92. The SMILES string of the molecule is COc1ccc(OCCCC(=O)NNC(=O)c2nn(Cc3ccccc3)c(=O)c3ccccc23)cc1. The Bertz CT molecular complexity index is 1400. The number of aromatic nitrogens is 2. The predicted molar refractivity (Wildman–Crippen MR) is 135 cm³/mol. The van der Waals surface area contributed by atoms with E-state index < -0.39 is 5.91 Å². The topological polar surface area (TPSA) is 112 Å². The van der Waals surface area contributed by atoms with E-state index in [1.54, 1.807) is 55.6 Å². The first-order valence-electron chi connectivity index (χ1n) is 11.4.